The molecule has 0 aromatic carbocycles. The highest BCUT2D eigenvalue weighted by Gasteiger charge is 2.19. The van der Waals surface area contributed by atoms with Crippen LogP contribution < -0.4 is 5.32 Å². The second-order valence-corrected chi connectivity index (χ2v) is 4.71. The SMILES string of the molecule is CC(Cn1cc([N+](=O)[O-])cn1)C(=O)Nc1c(C#N)cnn1C. The zero-order chi connectivity index (χ0) is 16.3. The Labute approximate surface area is 125 Å². The quantitative estimate of drug-likeness (QED) is 0.637. The summed E-state index contributed by atoms with van der Waals surface area (Å²) < 4.78 is 2.72. The molecule has 0 bridgehead atoms. The average molecular weight is 303 g/mol. The minimum absolute atomic E-state index is 0.133. The van der Waals surface area contributed by atoms with Gasteiger partial charge < -0.3 is 5.32 Å². The zero-order valence-corrected chi connectivity index (χ0v) is 11.9. The van der Waals surface area contributed by atoms with Crippen molar-refractivity contribution in [2.45, 2.75) is 13.5 Å². The average Bonchev–Trinajstić information content (AvgIpc) is 3.07. The van der Waals surface area contributed by atoms with Crippen LogP contribution in [0.15, 0.2) is 18.6 Å². The lowest BCUT2D eigenvalue weighted by atomic mass is 10.1. The fraction of sp³-hybridized carbons (Fsp3) is 0.333. The van der Waals surface area contributed by atoms with Crippen molar-refractivity contribution in [1.29, 1.82) is 5.26 Å². The molecule has 10 heteroatoms. The fourth-order valence-corrected chi connectivity index (χ4v) is 1.82. The highest BCUT2D eigenvalue weighted by molar-refractivity contribution is 5.92. The van der Waals surface area contributed by atoms with Crippen molar-refractivity contribution in [2.75, 3.05) is 5.32 Å². The number of nitrogens with one attached hydrogen (secondary N) is 1. The van der Waals surface area contributed by atoms with Gasteiger partial charge in [-0.3, -0.25) is 24.3 Å². The molecule has 22 heavy (non-hydrogen) atoms. The van der Waals surface area contributed by atoms with Gasteiger partial charge in [0.25, 0.3) is 0 Å². The van der Waals surface area contributed by atoms with Crippen molar-refractivity contribution in [2.24, 2.45) is 13.0 Å². The maximum atomic E-state index is 12.1. The molecule has 2 aromatic rings. The molecule has 10 nitrogen and oxygen atoms in total. The fourth-order valence-electron chi connectivity index (χ4n) is 1.82. The Morgan fingerprint density at radius 3 is 2.86 bits per heavy atom. The van der Waals surface area contributed by atoms with Crippen molar-refractivity contribution in [3.63, 3.8) is 0 Å². The van der Waals surface area contributed by atoms with Crippen molar-refractivity contribution in [1.82, 2.24) is 19.6 Å². The summed E-state index contributed by atoms with van der Waals surface area (Å²) in [4.78, 5) is 22.2. The molecule has 1 N–H and O–H groups in total. The van der Waals surface area contributed by atoms with E-state index in [1.54, 1.807) is 14.0 Å². The van der Waals surface area contributed by atoms with Gasteiger partial charge in [0.05, 0.1) is 23.6 Å². The number of rotatable bonds is 5. The summed E-state index contributed by atoms with van der Waals surface area (Å²) >= 11 is 0. The first kappa shape index (κ1) is 15.2. The number of nitrogens with zero attached hydrogens (tertiary/aromatic N) is 6. The Morgan fingerprint density at radius 2 is 2.27 bits per heavy atom. The van der Waals surface area contributed by atoms with Crippen LogP contribution in [0.5, 0.6) is 0 Å². The summed E-state index contributed by atoms with van der Waals surface area (Å²) in [5.74, 6) is -0.523. The van der Waals surface area contributed by atoms with E-state index < -0.39 is 10.8 Å². The molecule has 0 saturated carbocycles. The van der Waals surface area contributed by atoms with Gasteiger partial charge >= 0.3 is 5.69 Å². The molecule has 0 saturated heterocycles. The molecule has 0 aliphatic carbocycles. The minimum atomic E-state index is -0.553. The summed E-state index contributed by atoms with van der Waals surface area (Å²) in [6.45, 7) is 1.84. The third-order valence-corrected chi connectivity index (χ3v) is 3.04. The lowest BCUT2D eigenvalue weighted by Crippen LogP contribution is -2.26. The number of carbonyl (C=O) groups is 1. The third kappa shape index (κ3) is 3.09. The monoisotopic (exact) mass is 303 g/mol. The number of amides is 1. The minimum Gasteiger partial charge on any atom is -0.310 e. The first-order valence-electron chi connectivity index (χ1n) is 6.32. The standard InChI is InChI=1S/C12H13N7O3/c1-8(6-18-7-10(5-15-18)19(21)22)12(20)16-11-9(3-13)4-14-17(11)2/h4-5,7-8H,6H2,1-2H3,(H,16,20). The van der Waals surface area contributed by atoms with Gasteiger partial charge in [-0.1, -0.05) is 6.92 Å². The Morgan fingerprint density at radius 1 is 1.55 bits per heavy atom. The lowest BCUT2D eigenvalue weighted by Gasteiger charge is -2.12. The van der Waals surface area contributed by atoms with Gasteiger partial charge in [-0.05, 0) is 0 Å². The van der Waals surface area contributed by atoms with E-state index in [9.17, 15) is 14.9 Å². The molecular weight excluding hydrogens is 290 g/mol. The molecule has 2 heterocycles. The van der Waals surface area contributed by atoms with Crippen LogP contribution in [0.1, 0.15) is 12.5 Å². The summed E-state index contributed by atoms with van der Waals surface area (Å²) in [5, 5.41) is 29.9. The van der Waals surface area contributed by atoms with E-state index in [2.05, 4.69) is 15.5 Å². The van der Waals surface area contributed by atoms with Crippen LogP contribution in [-0.2, 0) is 18.4 Å². The van der Waals surface area contributed by atoms with Crippen LogP contribution >= 0.6 is 0 Å². The first-order valence-corrected chi connectivity index (χ1v) is 6.32. The summed E-state index contributed by atoms with van der Waals surface area (Å²) in [6.07, 6.45) is 3.74. The van der Waals surface area contributed by atoms with E-state index in [1.807, 2.05) is 6.07 Å². The first-order chi connectivity index (χ1) is 10.4. The van der Waals surface area contributed by atoms with Gasteiger partial charge in [0.2, 0.25) is 5.91 Å². The number of carbonyl (C=O) groups excluding carboxylic acids is 1. The molecule has 2 aromatic heterocycles. The van der Waals surface area contributed by atoms with Gasteiger partial charge in [0.1, 0.15) is 29.8 Å². The van der Waals surface area contributed by atoms with Crippen molar-refractivity contribution in [3.8, 4) is 6.07 Å². The molecule has 0 aliphatic rings. The maximum absolute atomic E-state index is 12.1. The van der Waals surface area contributed by atoms with Crippen molar-refractivity contribution >= 4 is 17.4 Å². The molecule has 2 rings (SSSR count). The molecular formula is C12H13N7O3. The van der Waals surface area contributed by atoms with Crippen LogP contribution in [0.2, 0.25) is 0 Å². The molecule has 0 spiro atoms. The van der Waals surface area contributed by atoms with Gasteiger partial charge in [-0.15, -0.1) is 0 Å². The largest absolute Gasteiger partial charge is 0.310 e. The normalized spacial score (nSPS) is 11.7. The topological polar surface area (TPSA) is 132 Å². The zero-order valence-electron chi connectivity index (χ0n) is 11.9. The molecule has 1 amide bonds. The Balaban J connectivity index is 2.04. The number of hydrogen-bond donors (Lipinski definition) is 1. The van der Waals surface area contributed by atoms with E-state index in [4.69, 9.17) is 5.26 Å². The number of aromatic nitrogens is 4. The Bertz CT molecular complexity index is 755. The number of nitro groups is 1. The number of nitriles is 1. The Hall–Kier alpha value is -3.22. The molecule has 1 unspecified atom stereocenters. The number of anilines is 1. The number of aryl methyl sites for hydroxylation is 1. The number of hydrogen-bond acceptors (Lipinski definition) is 6. The summed E-state index contributed by atoms with van der Waals surface area (Å²) in [6, 6.07) is 1.94. The summed E-state index contributed by atoms with van der Waals surface area (Å²) in [5.41, 5.74) is 0.129. The van der Waals surface area contributed by atoms with Crippen LogP contribution in [0, 0.1) is 27.4 Å². The maximum Gasteiger partial charge on any atom is 0.306 e. The van der Waals surface area contributed by atoms with Gasteiger partial charge in [-0.25, -0.2) is 0 Å². The van der Waals surface area contributed by atoms with Crippen LogP contribution in [0.25, 0.3) is 0 Å². The van der Waals surface area contributed by atoms with Crippen molar-refractivity contribution < 1.29 is 9.72 Å². The van der Waals surface area contributed by atoms with Crippen molar-refractivity contribution in [3.05, 3.63) is 34.3 Å². The van der Waals surface area contributed by atoms with E-state index in [0.29, 0.717) is 5.82 Å². The smallest absolute Gasteiger partial charge is 0.306 e. The van der Waals surface area contributed by atoms with E-state index in [0.717, 1.165) is 6.20 Å². The lowest BCUT2D eigenvalue weighted by molar-refractivity contribution is -0.385. The van der Waals surface area contributed by atoms with Crippen LogP contribution in [0.3, 0.4) is 0 Å². The van der Waals surface area contributed by atoms with Gasteiger partial charge in [-0.2, -0.15) is 15.5 Å². The Kier molecular flexibility index (Phi) is 4.17. The molecule has 0 aliphatic heterocycles. The van der Waals surface area contributed by atoms with E-state index in [-0.39, 0.29) is 23.7 Å². The highest BCUT2D eigenvalue weighted by Crippen LogP contribution is 2.15. The van der Waals surface area contributed by atoms with E-state index in [1.165, 1.54) is 21.8 Å². The molecule has 1 atom stereocenters. The second-order valence-electron chi connectivity index (χ2n) is 4.71. The van der Waals surface area contributed by atoms with Crippen LogP contribution in [-0.4, -0.2) is 30.4 Å². The predicted octanol–water partition coefficient (Wildman–Crippen LogP) is 0.671. The second kappa shape index (κ2) is 6.04. The van der Waals surface area contributed by atoms with Crippen LogP contribution in [0.4, 0.5) is 11.5 Å². The molecule has 114 valence electrons. The molecule has 0 fully saturated rings. The van der Waals surface area contributed by atoms with E-state index >= 15 is 0 Å². The van der Waals surface area contributed by atoms with Gasteiger partial charge in [0.15, 0.2) is 0 Å². The summed E-state index contributed by atoms with van der Waals surface area (Å²) in [7, 11) is 1.61. The third-order valence-electron chi connectivity index (χ3n) is 3.04. The highest BCUT2D eigenvalue weighted by atomic mass is 16.6. The van der Waals surface area contributed by atoms with Gasteiger partial charge in [0, 0.05) is 7.05 Å². The predicted molar refractivity (Wildman–Crippen MR) is 74.6 cm³/mol. The molecule has 0 radical (unpaired) electrons.